The van der Waals surface area contributed by atoms with E-state index in [4.69, 9.17) is 4.42 Å². The minimum Gasteiger partial charge on any atom is -0.462 e. The van der Waals surface area contributed by atoms with Crippen LogP contribution in [0.25, 0.3) is 10.8 Å². The van der Waals surface area contributed by atoms with E-state index in [-0.39, 0.29) is 11.8 Å². The van der Waals surface area contributed by atoms with E-state index in [0.717, 1.165) is 6.54 Å². The predicted molar refractivity (Wildman–Crippen MR) is 74.5 cm³/mol. The van der Waals surface area contributed by atoms with Gasteiger partial charge in [-0.05, 0) is 12.1 Å². The van der Waals surface area contributed by atoms with Crippen LogP contribution in [-0.2, 0) is 0 Å². The maximum atomic E-state index is 12.0. The highest BCUT2D eigenvalue weighted by Crippen LogP contribution is 2.25. The third kappa shape index (κ3) is 2.74. The van der Waals surface area contributed by atoms with Gasteiger partial charge in [0, 0.05) is 25.6 Å². The molecule has 0 bridgehead atoms. The van der Waals surface area contributed by atoms with Crippen molar-refractivity contribution in [1.82, 2.24) is 15.6 Å². The van der Waals surface area contributed by atoms with E-state index in [9.17, 15) is 9.90 Å². The molecule has 6 nitrogen and oxygen atoms in total. The first-order valence-electron chi connectivity index (χ1n) is 6.40. The summed E-state index contributed by atoms with van der Waals surface area (Å²) in [6.45, 7) is 1.77. The van der Waals surface area contributed by atoms with Crippen LogP contribution in [-0.4, -0.2) is 41.7 Å². The van der Waals surface area contributed by atoms with Gasteiger partial charge in [0.1, 0.15) is 4.88 Å². The largest absolute Gasteiger partial charge is 0.462 e. The SMILES string of the molecule is O=C(NCC1CNCC1O)c1cnc(-c2ccco2)s1. The van der Waals surface area contributed by atoms with Crippen molar-refractivity contribution in [3.63, 3.8) is 0 Å². The summed E-state index contributed by atoms with van der Waals surface area (Å²) in [6.07, 6.45) is 2.72. The molecular weight excluding hydrogens is 278 g/mol. The number of nitrogens with zero attached hydrogens (tertiary/aromatic N) is 1. The van der Waals surface area contributed by atoms with Crippen LogP contribution in [0.1, 0.15) is 9.67 Å². The zero-order valence-corrected chi connectivity index (χ0v) is 11.5. The number of rotatable bonds is 4. The molecule has 2 aromatic rings. The van der Waals surface area contributed by atoms with Crippen LogP contribution in [0.15, 0.2) is 29.0 Å². The second-order valence-corrected chi connectivity index (χ2v) is 5.73. The van der Waals surface area contributed by atoms with Gasteiger partial charge < -0.3 is 20.2 Å². The lowest BCUT2D eigenvalue weighted by atomic mass is 10.1. The molecule has 1 fully saturated rings. The summed E-state index contributed by atoms with van der Waals surface area (Å²) in [5, 5.41) is 16.3. The quantitative estimate of drug-likeness (QED) is 0.773. The Hall–Kier alpha value is -1.70. The van der Waals surface area contributed by atoms with Crippen LogP contribution in [0.2, 0.25) is 0 Å². The number of thiazole rings is 1. The highest BCUT2D eigenvalue weighted by Gasteiger charge is 2.25. The fourth-order valence-electron chi connectivity index (χ4n) is 2.13. The van der Waals surface area contributed by atoms with E-state index in [0.29, 0.717) is 28.7 Å². The number of nitrogens with one attached hydrogen (secondary N) is 2. The molecule has 106 valence electrons. The Bertz CT molecular complexity index is 581. The Morgan fingerprint density at radius 1 is 1.60 bits per heavy atom. The molecular formula is C13H15N3O3S. The zero-order valence-electron chi connectivity index (χ0n) is 10.7. The number of furan rings is 1. The molecule has 2 unspecified atom stereocenters. The van der Waals surface area contributed by atoms with Gasteiger partial charge in [0.25, 0.3) is 5.91 Å². The maximum absolute atomic E-state index is 12.0. The lowest BCUT2D eigenvalue weighted by molar-refractivity contribution is 0.0931. The first-order chi connectivity index (χ1) is 9.74. The zero-order chi connectivity index (χ0) is 13.9. The highest BCUT2D eigenvalue weighted by molar-refractivity contribution is 7.16. The monoisotopic (exact) mass is 293 g/mol. The third-order valence-electron chi connectivity index (χ3n) is 3.29. The summed E-state index contributed by atoms with van der Waals surface area (Å²) in [6, 6.07) is 3.59. The van der Waals surface area contributed by atoms with Gasteiger partial charge in [0.05, 0.1) is 18.6 Å². The van der Waals surface area contributed by atoms with Crippen molar-refractivity contribution in [2.45, 2.75) is 6.10 Å². The standard InChI is InChI=1S/C13H15N3O3S/c17-9-6-14-4-8(9)5-15-12(18)11-7-16-13(20-11)10-2-1-3-19-10/h1-3,7-9,14,17H,4-6H2,(H,15,18). The molecule has 0 spiro atoms. The average molecular weight is 293 g/mol. The summed E-state index contributed by atoms with van der Waals surface area (Å²) in [5.74, 6) is 0.556. The predicted octanol–water partition coefficient (Wildman–Crippen LogP) is 0.713. The molecule has 2 atom stereocenters. The summed E-state index contributed by atoms with van der Waals surface area (Å²) in [7, 11) is 0. The van der Waals surface area contributed by atoms with Gasteiger partial charge in [-0.2, -0.15) is 0 Å². The number of hydrogen-bond acceptors (Lipinski definition) is 6. The number of aliphatic hydroxyl groups is 1. The molecule has 1 amide bonds. The molecule has 1 aliphatic rings. The Balaban J connectivity index is 1.60. The normalized spacial score (nSPS) is 22.1. The van der Waals surface area contributed by atoms with Crippen LogP contribution in [0.4, 0.5) is 0 Å². The van der Waals surface area contributed by atoms with Crippen molar-refractivity contribution < 1.29 is 14.3 Å². The van der Waals surface area contributed by atoms with Crippen molar-refractivity contribution in [1.29, 1.82) is 0 Å². The minimum atomic E-state index is -0.393. The van der Waals surface area contributed by atoms with E-state index in [1.807, 2.05) is 0 Å². The van der Waals surface area contributed by atoms with E-state index in [1.54, 1.807) is 24.6 Å². The van der Waals surface area contributed by atoms with Crippen molar-refractivity contribution in [2.24, 2.45) is 5.92 Å². The number of carbonyl (C=O) groups is 1. The lowest BCUT2D eigenvalue weighted by Crippen LogP contribution is -2.34. The first-order valence-corrected chi connectivity index (χ1v) is 7.22. The molecule has 1 aliphatic heterocycles. The highest BCUT2D eigenvalue weighted by atomic mass is 32.1. The van der Waals surface area contributed by atoms with Gasteiger partial charge in [-0.1, -0.05) is 0 Å². The van der Waals surface area contributed by atoms with E-state index < -0.39 is 6.10 Å². The fraction of sp³-hybridized carbons (Fsp3) is 0.385. The molecule has 0 radical (unpaired) electrons. The second-order valence-electron chi connectivity index (χ2n) is 4.70. The average Bonchev–Trinajstić information content (AvgIpc) is 3.17. The van der Waals surface area contributed by atoms with Crippen molar-refractivity contribution in [3.8, 4) is 10.8 Å². The topological polar surface area (TPSA) is 87.4 Å². The maximum Gasteiger partial charge on any atom is 0.263 e. The smallest absolute Gasteiger partial charge is 0.263 e. The van der Waals surface area contributed by atoms with E-state index in [1.165, 1.54) is 11.3 Å². The number of aromatic nitrogens is 1. The molecule has 0 saturated carbocycles. The van der Waals surface area contributed by atoms with Gasteiger partial charge in [-0.25, -0.2) is 4.98 Å². The number of β-amino-alcohol motifs (C(OH)–C–C–N with tert-alkyl or cyclic N) is 1. The van der Waals surface area contributed by atoms with Crippen molar-refractivity contribution in [3.05, 3.63) is 29.5 Å². The number of carbonyl (C=O) groups excluding carboxylic acids is 1. The second kappa shape index (κ2) is 5.74. The summed E-state index contributed by atoms with van der Waals surface area (Å²) >= 11 is 1.29. The number of amides is 1. The van der Waals surface area contributed by atoms with Crippen LogP contribution >= 0.6 is 11.3 Å². The lowest BCUT2D eigenvalue weighted by Gasteiger charge is -2.13. The molecule has 20 heavy (non-hydrogen) atoms. The molecule has 1 saturated heterocycles. The molecule has 3 rings (SSSR count). The Kier molecular flexibility index (Phi) is 3.81. The summed E-state index contributed by atoms with van der Waals surface area (Å²) < 4.78 is 5.24. The van der Waals surface area contributed by atoms with Gasteiger partial charge in [-0.15, -0.1) is 11.3 Å². The Morgan fingerprint density at radius 2 is 2.50 bits per heavy atom. The van der Waals surface area contributed by atoms with Gasteiger partial charge in [0.2, 0.25) is 0 Å². The summed E-state index contributed by atoms with van der Waals surface area (Å²) in [4.78, 5) is 16.7. The molecule has 0 aromatic carbocycles. The number of aliphatic hydroxyl groups excluding tert-OH is 1. The van der Waals surface area contributed by atoms with E-state index >= 15 is 0 Å². The first kappa shape index (κ1) is 13.3. The van der Waals surface area contributed by atoms with Gasteiger partial charge >= 0.3 is 0 Å². The third-order valence-corrected chi connectivity index (χ3v) is 4.30. The number of hydrogen-bond donors (Lipinski definition) is 3. The molecule has 0 aliphatic carbocycles. The summed E-state index contributed by atoms with van der Waals surface area (Å²) in [5.41, 5.74) is 0. The minimum absolute atomic E-state index is 0.0661. The molecule has 3 N–H and O–H groups in total. The Morgan fingerprint density at radius 3 is 3.20 bits per heavy atom. The van der Waals surface area contributed by atoms with Crippen LogP contribution < -0.4 is 10.6 Å². The van der Waals surface area contributed by atoms with Crippen LogP contribution in [0, 0.1) is 5.92 Å². The Labute approximate surface area is 119 Å². The van der Waals surface area contributed by atoms with Crippen molar-refractivity contribution >= 4 is 17.2 Å². The van der Waals surface area contributed by atoms with Gasteiger partial charge in [0.15, 0.2) is 10.8 Å². The fourth-order valence-corrected chi connectivity index (χ4v) is 2.93. The van der Waals surface area contributed by atoms with Crippen LogP contribution in [0.3, 0.4) is 0 Å². The molecule has 3 heterocycles. The van der Waals surface area contributed by atoms with Crippen molar-refractivity contribution in [2.75, 3.05) is 19.6 Å². The molecule has 7 heteroatoms. The van der Waals surface area contributed by atoms with Crippen LogP contribution in [0.5, 0.6) is 0 Å². The van der Waals surface area contributed by atoms with E-state index in [2.05, 4.69) is 15.6 Å². The molecule has 2 aromatic heterocycles. The van der Waals surface area contributed by atoms with Gasteiger partial charge in [-0.3, -0.25) is 4.79 Å².